The molecule has 0 aliphatic rings. The van der Waals surface area contributed by atoms with Gasteiger partial charge < -0.3 is 25.4 Å². The lowest BCUT2D eigenvalue weighted by molar-refractivity contribution is 0.0119. The number of amides is 1. The Balaban J connectivity index is 2.46. The summed E-state index contributed by atoms with van der Waals surface area (Å²) in [5.41, 5.74) is -0.439. The zero-order valence-electron chi connectivity index (χ0n) is 13.2. The summed E-state index contributed by atoms with van der Waals surface area (Å²) in [4.78, 5) is 29.2. The number of aliphatic hydroxyl groups is 2. The molecule has 4 N–H and O–H groups in total. The van der Waals surface area contributed by atoms with Gasteiger partial charge >= 0.3 is 12.1 Å². The lowest BCUT2D eigenvalue weighted by Gasteiger charge is -2.21. The normalized spacial score (nSPS) is 14.0. The van der Waals surface area contributed by atoms with E-state index >= 15 is 0 Å². The maximum atomic E-state index is 11.4. The van der Waals surface area contributed by atoms with Crippen LogP contribution in [0.1, 0.15) is 49.5 Å². The maximum Gasteiger partial charge on any atom is 0.407 e. The van der Waals surface area contributed by atoms with Crippen molar-refractivity contribution in [1.82, 2.24) is 15.3 Å². The van der Waals surface area contributed by atoms with Gasteiger partial charge in [-0.05, 0) is 27.2 Å². The number of alkyl carbamates (subject to hydrolysis) is 1. The number of carbonyl (C=O) groups excluding carboxylic acids is 1. The molecule has 1 aromatic heterocycles. The van der Waals surface area contributed by atoms with Crippen molar-refractivity contribution >= 4 is 12.1 Å². The molecule has 0 aliphatic heterocycles. The summed E-state index contributed by atoms with van der Waals surface area (Å²) in [6.07, 6.45) is -0.755. The van der Waals surface area contributed by atoms with Crippen LogP contribution in [0.15, 0.2) is 12.4 Å². The van der Waals surface area contributed by atoms with E-state index < -0.39 is 35.7 Å². The summed E-state index contributed by atoms with van der Waals surface area (Å²) in [6, 6.07) is 0. The molecule has 1 amide bonds. The molecule has 9 heteroatoms. The minimum Gasteiger partial charge on any atom is -0.475 e. The number of carbonyl (C=O) groups is 2. The van der Waals surface area contributed by atoms with E-state index in [0.717, 1.165) is 12.4 Å². The summed E-state index contributed by atoms with van der Waals surface area (Å²) in [7, 11) is 0. The van der Waals surface area contributed by atoms with Crippen LogP contribution >= 0.6 is 0 Å². The molecule has 0 bridgehead atoms. The molecule has 1 aromatic rings. The first-order valence-electron chi connectivity index (χ1n) is 6.98. The topological polar surface area (TPSA) is 142 Å². The number of rotatable bonds is 6. The number of hydrogen-bond donors (Lipinski definition) is 4. The zero-order chi connectivity index (χ0) is 17.6. The molecule has 128 valence electrons. The van der Waals surface area contributed by atoms with E-state index in [1.54, 1.807) is 20.8 Å². The van der Waals surface area contributed by atoms with Gasteiger partial charge in [-0.25, -0.2) is 19.6 Å². The molecule has 0 spiro atoms. The van der Waals surface area contributed by atoms with Crippen LogP contribution in [-0.4, -0.2) is 55.6 Å². The quantitative estimate of drug-likeness (QED) is 0.591. The number of aromatic carboxylic acids is 1. The first-order chi connectivity index (χ1) is 10.6. The number of carboxylic acid groups (broad SMARTS) is 1. The number of aliphatic hydroxyl groups excluding tert-OH is 2. The SMILES string of the molecule is CC(C)(C)OC(=O)NCCC(O)C(O)c1cnc(C(=O)O)nc1. The van der Waals surface area contributed by atoms with Gasteiger partial charge in [0.2, 0.25) is 5.82 Å². The molecule has 2 unspecified atom stereocenters. The van der Waals surface area contributed by atoms with E-state index in [0.29, 0.717) is 0 Å². The maximum absolute atomic E-state index is 11.4. The van der Waals surface area contributed by atoms with E-state index in [2.05, 4.69) is 15.3 Å². The molecule has 9 nitrogen and oxygen atoms in total. The number of hydrogen-bond acceptors (Lipinski definition) is 7. The van der Waals surface area contributed by atoms with Crippen LogP contribution in [0, 0.1) is 0 Å². The third-order valence-electron chi connectivity index (χ3n) is 2.68. The second-order valence-electron chi connectivity index (χ2n) is 5.87. The molecule has 2 atom stereocenters. The molecule has 0 saturated heterocycles. The predicted octanol–water partition coefficient (Wildman–Crippen LogP) is 0.484. The van der Waals surface area contributed by atoms with Gasteiger partial charge in [0.15, 0.2) is 0 Å². The number of ether oxygens (including phenoxy) is 1. The van der Waals surface area contributed by atoms with Gasteiger partial charge in [-0.1, -0.05) is 0 Å². The molecule has 0 fully saturated rings. The number of nitrogens with zero attached hydrogens (tertiary/aromatic N) is 2. The average molecular weight is 327 g/mol. The molecule has 0 aromatic carbocycles. The third kappa shape index (κ3) is 6.57. The van der Waals surface area contributed by atoms with E-state index in [1.807, 2.05) is 0 Å². The summed E-state index contributed by atoms with van der Waals surface area (Å²) in [5, 5.41) is 31.0. The van der Waals surface area contributed by atoms with Crippen molar-refractivity contribution in [1.29, 1.82) is 0 Å². The van der Waals surface area contributed by atoms with Crippen LogP contribution in [0.5, 0.6) is 0 Å². The van der Waals surface area contributed by atoms with Crippen molar-refractivity contribution < 1.29 is 29.6 Å². The average Bonchev–Trinajstić information content (AvgIpc) is 2.44. The van der Waals surface area contributed by atoms with Gasteiger partial charge in [0.1, 0.15) is 11.7 Å². The summed E-state index contributed by atoms with van der Waals surface area (Å²) in [5.74, 6) is -1.69. The zero-order valence-corrected chi connectivity index (χ0v) is 13.2. The number of aromatic nitrogens is 2. The molecule has 1 heterocycles. The largest absolute Gasteiger partial charge is 0.475 e. The van der Waals surface area contributed by atoms with E-state index in [9.17, 15) is 19.8 Å². The molecule has 0 saturated carbocycles. The lowest BCUT2D eigenvalue weighted by atomic mass is 10.1. The summed E-state index contributed by atoms with van der Waals surface area (Å²) >= 11 is 0. The Morgan fingerprint density at radius 2 is 1.83 bits per heavy atom. The van der Waals surface area contributed by atoms with Crippen LogP contribution in [0.4, 0.5) is 4.79 Å². The Kier molecular flexibility index (Phi) is 6.40. The second kappa shape index (κ2) is 7.84. The highest BCUT2D eigenvalue weighted by Crippen LogP contribution is 2.17. The van der Waals surface area contributed by atoms with Gasteiger partial charge in [0.25, 0.3) is 0 Å². The Morgan fingerprint density at radius 1 is 1.26 bits per heavy atom. The fraction of sp³-hybridized carbons (Fsp3) is 0.571. The van der Waals surface area contributed by atoms with Crippen molar-refractivity contribution in [2.45, 2.75) is 45.0 Å². The van der Waals surface area contributed by atoms with Crippen molar-refractivity contribution in [2.75, 3.05) is 6.54 Å². The fourth-order valence-electron chi connectivity index (χ4n) is 1.62. The minimum absolute atomic E-state index is 0.0705. The highest BCUT2D eigenvalue weighted by Gasteiger charge is 2.21. The van der Waals surface area contributed by atoms with Crippen molar-refractivity contribution in [3.63, 3.8) is 0 Å². The molecular formula is C14H21N3O6. The van der Waals surface area contributed by atoms with Gasteiger partial charge in [-0.15, -0.1) is 0 Å². The van der Waals surface area contributed by atoms with Crippen LogP contribution in [0.2, 0.25) is 0 Å². The predicted molar refractivity (Wildman–Crippen MR) is 78.8 cm³/mol. The van der Waals surface area contributed by atoms with Crippen LogP contribution in [0.25, 0.3) is 0 Å². The van der Waals surface area contributed by atoms with E-state index in [1.165, 1.54) is 0 Å². The number of carboxylic acids is 1. The first-order valence-corrected chi connectivity index (χ1v) is 6.98. The minimum atomic E-state index is -1.29. The van der Waals surface area contributed by atoms with Crippen LogP contribution < -0.4 is 5.32 Å². The van der Waals surface area contributed by atoms with Crippen LogP contribution in [0.3, 0.4) is 0 Å². The van der Waals surface area contributed by atoms with Gasteiger partial charge in [0, 0.05) is 24.5 Å². The Hall–Kier alpha value is -2.26. The molecule has 23 heavy (non-hydrogen) atoms. The van der Waals surface area contributed by atoms with Crippen molar-refractivity contribution in [2.24, 2.45) is 0 Å². The van der Waals surface area contributed by atoms with Crippen molar-refractivity contribution in [3.8, 4) is 0 Å². The highest BCUT2D eigenvalue weighted by atomic mass is 16.6. The summed E-state index contributed by atoms with van der Waals surface area (Å²) < 4.78 is 5.03. The Labute approximate surface area is 133 Å². The van der Waals surface area contributed by atoms with E-state index in [-0.39, 0.29) is 18.5 Å². The Morgan fingerprint density at radius 3 is 2.30 bits per heavy atom. The van der Waals surface area contributed by atoms with Crippen LogP contribution in [-0.2, 0) is 4.74 Å². The molecule has 0 aliphatic carbocycles. The second-order valence-corrected chi connectivity index (χ2v) is 5.87. The van der Waals surface area contributed by atoms with Gasteiger partial charge in [-0.2, -0.15) is 0 Å². The summed E-state index contributed by atoms with van der Waals surface area (Å²) in [6.45, 7) is 5.28. The third-order valence-corrected chi connectivity index (χ3v) is 2.68. The van der Waals surface area contributed by atoms with E-state index in [4.69, 9.17) is 9.84 Å². The Bertz CT molecular complexity index is 540. The smallest absolute Gasteiger partial charge is 0.407 e. The molecule has 1 rings (SSSR count). The monoisotopic (exact) mass is 327 g/mol. The first kappa shape index (κ1) is 18.8. The number of nitrogens with one attached hydrogen (secondary N) is 1. The molecular weight excluding hydrogens is 306 g/mol. The highest BCUT2D eigenvalue weighted by molar-refractivity contribution is 5.82. The van der Waals surface area contributed by atoms with Gasteiger partial charge in [-0.3, -0.25) is 0 Å². The standard InChI is InChI=1S/C14H21N3O6/c1-14(2,3)23-13(22)15-5-4-9(18)10(19)8-6-16-11(12(20)21)17-7-8/h6-7,9-10,18-19H,4-5H2,1-3H3,(H,15,22)(H,20,21). The van der Waals surface area contributed by atoms with Gasteiger partial charge in [0.05, 0.1) is 6.10 Å². The molecule has 0 radical (unpaired) electrons. The van der Waals surface area contributed by atoms with Crippen molar-refractivity contribution in [3.05, 3.63) is 23.8 Å². The fourth-order valence-corrected chi connectivity index (χ4v) is 1.62. The lowest BCUT2D eigenvalue weighted by Crippen LogP contribution is -2.34.